The Morgan fingerprint density at radius 1 is 1.47 bits per heavy atom. The van der Waals surface area contributed by atoms with Crippen molar-refractivity contribution in [2.24, 2.45) is 5.41 Å². The molecule has 1 fully saturated rings. The quantitative estimate of drug-likeness (QED) is 0.675. The van der Waals surface area contributed by atoms with E-state index in [4.69, 9.17) is 5.11 Å². The number of carboxylic acids is 1. The lowest BCUT2D eigenvalue weighted by Crippen LogP contribution is -2.32. The number of carboxylic acid groups (broad SMARTS) is 1. The zero-order valence-electron chi connectivity index (χ0n) is 8.82. The second-order valence-corrected chi connectivity index (χ2v) is 6.06. The Bertz CT molecular complexity index is 332. The van der Waals surface area contributed by atoms with Crippen molar-refractivity contribution in [3.63, 3.8) is 0 Å². The van der Waals surface area contributed by atoms with Crippen molar-refractivity contribution >= 4 is 16.0 Å². The highest BCUT2D eigenvalue weighted by atomic mass is 32.2. The molecule has 0 spiro atoms. The highest BCUT2D eigenvalue weighted by molar-refractivity contribution is 7.89. The molecule has 1 rings (SSSR count). The molecule has 1 saturated carbocycles. The second-order valence-electron chi connectivity index (χ2n) is 4.14. The molecule has 0 saturated heterocycles. The smallest absolute Gasteiger partial charge is 0.304 e. The van der Waals surface area contributed by atoms with E-state index in [1.807, 2.05) is 6.92 Å². The van der Waals surface area contributed by atoms with E-state index in [9.17, 15) is 13.2 Å². The Hall–Kier alpha value is -0.620. The van der Waals surface area contributed by atoms with Crippen LogP contribution in [0, 0.1) is 5.41 Å². The van der Waals surface area contributed by atoms with E-state index < -0.39 is 16.0 Å². The van der Waals surface area contributed by atoms with E-state index in [2.05, 4.69) is 4.72 Å². The summed E-state index contributed by atoms with van der Waals surface area (Å²) in [5.41, 5.74) is 0.149. The van der Waals surface area contributed by atoms with Gasteiger partial charge < -0.3 is 5.11 Å². The van der Waals surface area contributed by atoms with E-state index >= 15 is 0 Å². The molecule has 0 heterocycles. The zero-order valence-corrected chi connectivity index (χ0v) is 9.64. The first-order valence-corrected chi connectivity index (χ1v) is 6.73. The molecule has 0 aromatic carbocycles. The van der Waals surface area contributed by atoms with Crippen LogP contribution in [0.25, 0.3) is 0 Å². The summed E-state index contributed by atoms with van der Waals surface area (Å²) in [6.07, 6.45) is 2.75. The van der Waals surface area contributed by atoms with Gasteiger partial charge in [-0.1, -0.05) is 6.92 Å². The fraction of sp³-hybridized carbons (Fsp3) is 0.889. The maximum absolute atomic E-state index is 11.4. The number of hydrogen-bond donors (Lipinski definition) is 2. The lowest BCUT2D eigenvalue weighted by molar-refractivity contribution is -0.136. The average Bonchev–Trinajstić information content (AvgIpc) is 2.93. The number of aliphatic carboxylic acids is 1. The van der Waals surface area contributed by atoms with E-state index in [1.54, 1.807) is 0 Å². The minimum Gasteiger partial charge on any atom is -0.481 e. The lowest BCUT2D eigenvalue weighted by Gasteiger charge is -2.13. The third kappa shape index (κ3) is 4.17. The van der Waals surface area contributed by atoms with Gasteiger partial charge in [-0.15, -0.1) is 0 Å². The Labute approximate surface area is 89.9 Å². The molecule has 15 heavy (non-hydrogen) atoms. The van der Waals surface area contributed by atoms with Crippen molar-refractivity contribution in [2.75, 3.05) is 12.3 Å². The zero-order chi connectivity index (χ0) is 11.5. The lowest BCUT2D eigenvalue weighted by atomic mass is 10.1. The van der Waals surface area contributed by atoms with Crippen molar-refractivity contribution in [1.82, 2.24) is 4.72 Å². The maximum atomic E-state index is 11.4. The molecule has 0 unspecified atom stereocenters. The van der Waals surface area contributed by atoms with Gasteiger partial charge in [0.05, 0.1) is 12.2 Å². The largest absolute Gasteiger partial charge is 0.481 e. The standard InChI is InChI=1S/C9H17NO4S/c1-2-9(4-5-9)7-10-15(13,14)6-3-8(11)12/h10H,2-7H2,1H3,(H,11,12). The molecular weight excluding hydrogens is 218 g/mol. The number of sulfonamides is 1. The van der Waals surface area contributed by atoms with E-state index in [1.165, 1.54) is 0 Å². The molecule has 6 heteroatoms. The van der Waals surface area contributed by atoms with Crippen LogP contribution in [0.15, 0.2) is 0 Å². The predicted molar refractivity (Wildman–Crippen MR) is 56.0 cm³/mol. The summed E-state index contributed by atoms with van der Waals surface area (Å²) in [4.78, 5) is 10.2. The normalized spacial score (nSPS) is 18.7. The van der Waals surface area contributed by atoms with Crippen LogP contribution in [0.5, 0.6) is 0 Å². The van der Waals surface area contributed by atoms with Crippen molar-refractivity contribution in [1.29, 1.82) is 0 Å². The van der Waals surface area contributed by atoms with Crippen molar-refractivity contribution in [3.8, 4) is 0 Å². The molecular formula is C9H17NO4S. The average molecular weight is 235 g/mol. The molecule has 0 aromatic heterocycles. The van der Waals surface area contributed by atoms with Gasteiger partial charge in [0.2, 0.25) is 10.0 Å². The minimum atomic E-state index is -3.41. The molecule has 2 N–H and O–H groups in total. The van der Waals surface area contributed by atoms with Gasteiger partial charge in [-0.2, -0.15) is 0 Å². The number of carbonyl (C=O) groups is 1. The van der Waals surface area contributed by atoms with Crippen molar-refractivity contribution < 1.29 is 18.3 Å². The molecule has 0 aromatic rings. The molecule has 0 atom stereocenters. The van der Waals surface area contributed by atoms with Gasteiger partial charge in [0.15, 0.2) is 0 Å². The maximum Gasteiger partial charge on any atom is 0.304 e. The molecule has 1 aliphatic rings. The third-order valence-electron chi connectivity index (χ3n) is 2.96. The van der Waals surface area contributed by atoms with Crippen molar-refractivity contribution in [3.05, 3.63) is 0 Å². The van der Waals surface area contributed by atoms with E-state index in [0.717, 1.165) is 19.3 Å². The van der Waals surface area contributed by atoms with Gasteiger partial charge in [-0.25, -0.2) is 13.1 Å². The minimum absolute atomic E-state index is 0.149. The van der Waals surface area contributed by atoms with E-state index in [-0.39, 0.29) is 17.6 Å². The fourth-order valence-electron chi connectivity index (χ4n) is 1.39. The molecule has 5 nitrogen and oxygen atoms in total. The summed E-state index contributed by atoms with van der Waals surface area (Å²) >= 11 is 0. The molecule has 0 bridgehead atoms. The predicted octanol–water partition coefficient (Wildman–Crippen LogP) is 0.571. The van der Waals surface area contributed by atoms with E-state index in [0.29, 0.717) is 6.54 Å². The molecule has 0 aliphatic heterocycles. The van der Waals surface area contributed by atoms with Gasteiger partial charge in [0.1, 0.15) is 0 Å². The first-order valence-electron chi connectivity index (χ1n) is 5.08. The van der Waals surface area contributed by atoms with Crippen LogP contribution < -0.4 is 4.72 Å². The SMILES string of the molecule is CCC1(CNS(=O)(=O)CCC(=O)O)CC1. The number of rotatable bonds is 7. The monoisotopic (exact) mass is 235 g/mol. The highest BCUT2D eigenvalue weighted by Gasteiger charge is 2.41. The van der Waals surface area contributed by atoms with Crippen LogP contribution in [0.3, 0.4) is 0 Å². The first kappa shape index (κ1) is 12.4. The summed E-state index contributed by atoms with van der Waals surface area (Å²) in [5, 5.41) is 8.37. The van der Waals surface area contributed by atoms with Gasteiger partial charge in [-0.3, -0.25) is 4.79 Å². The van der Waals surface area contributed by atoms with Gasteiger partial charge >= 0.3 is 5.97 Å². The molecule has 1 aliphatic carbocycles. The summed E-state index contributed by atoms with van der Waals surface area (Å²) < 4.78 is 25.2. The summed E-state index contributed by atoms with van der Waals surface area (Å²) in [7, 11) is -3.41. The van der Waals surface area contributed by atoms with Crippen LogP contribution in [0.2, 0.25) is 0 Å². The van der Waals surface area contributed by atoms with Crippen LogP contribution >= 0.6 is 0 Å². The number of nitrogens with one attached hydrogen (secondary N) is 1. The van der Waals surface area contributed by atoms with Gasteiger partial charge in [0.25, 0.3) is 0 Å². The fourth-order valence-corrected chi connectivity index (χ4v) is 2.50. The molecule has 88 valence electrons. The Balaban J connectivity index is 2.33. The van der Waals surface area contributed by atoms with Crippen LogP contribution in [-0.2, 0) is 14.8 Å². The van der Waals surface area contributed by atoms with Crippen LogP contribution in [0.1, 0.15) is 32.6 Å². The van der Waals surface area contributed by atoms with Crippen molar-refractivity contribution in [2.45, 2.75) is 32.6 Å². The topological polar surface area (TPSA) is 83.5 Å². The second kappa shape index (κ2) is 4.49. The van der Waals surface area contributed by atoms with Gasteiger partial charge in [-0.05, 0) is 24.7 Å². The number of hydrogen-bond acceptors (Lipinski definition) is 3. The summed E-state index contributed by atoms with van der Waals surface area (Å²) in [5.74, 6) is -1.42. The summed E-state index contributed by atoms with van der Waals surface area (Å²) in [6, 6.07) is 0. The molecule has 0 radical (unpaired) electrons. The first-order chi connectivity index (χ1) is 6.89. The molecule has 0 amide bonds. The van der Waals surface area contributed by atoms with Crippen LogP contribution in [-0.4, -0.2) is 31.8 Å². The Morgan fingerprint density at radius 2 is 2.07 bits per heavy atom. The Kier molecular flexibility index (Phi) is 3.72. The van der Waals surface area contributed by atoms with Crippen LogP contribution in [0.4, 0.5) is 0 Å². The highest BCUT2D eigenvalue weighted by Crippen LogP contribution is 2.47. The van der Waals surface area contributed by atoms with Gasteiger partial charge in [0, 0.05) is 6.54 Å². The third-order valence-corrected chi connectivity index (χ3v) is 4.28. The summed E-state index contributed by atoms with van der Waals surface area (Å²) in [6.45, 7) is 2.49. The Morgan fingerprint density at radius 3 is 2.47 bits per heavy atom.